The van der Waals surface area contributed by atoms with Gasteiger partial charge in [-0.15, -0.1) is 0 Å². The average molecular weight is 408 g/mol. The number of amides is 1. The van der Waals surface area contributed by atoms with Crippen LogP contribution in [0.25, 0.3) is 0 Å². The molecular formula is C18H20N2O7S. The van der Waals surface area contributed by atoms with Crippen LogP contribution in [0.15, 0.2) is 50.5 Å². The van der Waals surface area contributed by atoms with Crippen LogP contribution in [0.5, 0.6) is 5.75 Å². The molecule has 1 aliphatic rings. The molecule has 2 aromatic rings. The number of rotatable bonds is 5. The lowest BCUT2D eigenvalue weighted by atomic mass is 10.3. The van der Waals surface area contributed by atoms with Crippen LogP contribution in [0.4, 0.5) is 10.5 Å². The molecule has 1 fully saturated rings. The lowest BCUT2D eigenvalue weighted by Crippen LogP contribution is -2.31. The second kappa shape index (κ2) is 8.03. The Kier molecular flexibility index (Phi) is 5.71. The lowest BCUT2D eigenvalue weighted by molar-refractivity contribution is 0.187. The van der Waals surface area contributed by atoms with Gasteiger partial charge in [-0.2, -0.15) is 4.31 Å². The molecule has 28 heavy (non-hydrogen) atoms. The van der Waals surface area contributed by atoms with Gasteiger partial charge >= 0.3 is 11.7 Å². The van der Waals surface area contributed by atoms with E-state index in [9.17, 15) is 18.0 Å². The van der Waals surface area contributed by atoms with Crippen LogP contribution in [0, 0.1) is 6.92 Å². The van der Waals surface area contributed by atoms with E-state index in [-0.39, 0.29) is 17.5 Å². The van der Waals surface area contributed by atoms with E-state index < -0.39 is 21.7 Å². The molecule has 0 aliphatic carbocycles. The summed E-state index contributed by atoms with van der Waals surface area (Å²) in [5, 5.41) is 2.46. The topological polar surface area (TPSA) is 115 Å². The molecule has 1 aromatic heterocycles. The standard InChI is InChI=1S/C18H20N2O7S/c1-12-9-15(10-17(21)26-12)27-14-7-8-20(11-14)28(23,24)16-5-3-13(4-6-16)19-18(22)25-2/h3-6,9-10,14H,7-8,11H2,1-2H3,(H,19,22). The Morgan fingerprint density at radius 1 is 1.25 bits per heavy atom. The van der Waals surface area contributed by atoms with Crippen molar-refractivity contribution in [3.63, 3.8) is 0 Å². The quantitative estimate of drug-likeness (QED) is 0.804. The first kappa shape index (κ1) is 19.9. The molecule has 0 saturated carbocycles. The number of methoxy groups -OCH3 is 1. The van der Waals surface area contributed by atoms with Gasteiger partial charge in [-0.05, 0) is 37.6 Å². The van der Waals surface area contributed by atoms with Crippen molar-refractivity contribution >= 4 is 21.8 Å². The molecule has 0 radical (unpaired) electrons. The third-order valence-corrected chi connectivity index (χ3v) is 6.08. The predicted octanol–water partition coefficient (Wildman–Crippen LogP) is 1.97. The molecule has 1 atom stereocenters. The smallest absolute Gasteiger partial charge is 0.411 e. The van der Waals surface area contributed by atoms with E-state index in [1.54, 1.807) is 13.0 Å². The summed E-state index contributed by atoms with van der Waals surface area (Å²) in [7, 11) is -2.46. The van der Waals surface area contributed by atoms with Gasteiger partial charge in [0.25, 0.3) is 0 Å². The van der Waals surface area contributed by atoms with Gasteiger partial charge in [0.15, 0.2) is 0 Å². The molecule has 1 aliphatic heterocycles. The summed E-state index contributed by atoms with van der Waals surface area (Å²) in [5.41, 5.74) is -0.0927. The number of carbonyl (C=O) groups excluding carboxylic acids is 1. The van der Waals surface area contributed by atoms with Crippen LogP contribution in [0.1, 0.15) is 12.2 Å². The lowest BCUT2D eigenvalue weighted by Gasteiger charge is -2.17. The highest BCUT2D eigenvalue weighted by molar-refractivity contribution is 7.89. The summed E-state index contributed by atoms with van der Waals surface area (Å²) in [6, 6.07) is 8.63. The second-order valence-electron chi connectivity index (χ2n) is 6.26. The van der Waals surface area contributed by atoms with Crippen LogP contribution in [0.2, 0.25) is 0 Å². The Labute approximate surface area is 161 Å². The Bertz CT molecular complexity index is 1010. The van der Waals surface area contributed by atoms with Gasteiger partial charge < -0.3 is 13.9 Å². The molecular weight excluding hydrogens is 388 g/mol. The number of carbonyl (C=O) groups is 1. The molecule has 10 heteroatoms. The van der Waals surface area contributed by atoms with Crippen molar-refractivity contribution in [2.24, 2.45) is 0 Å². The SMILES string of the molecule is COC(=O)Nc1ccc(S(=O)(=O)N2CCC(Oc3cc(C)oc(=O)c3)C2)cc1. The normalized spacial score (nSPS) is 17.3. The zero-order valence-electron chi connectivity index (χ0n) is 15.4. The summed E-state index contributed by atoms with van der Waals surface area (Å²) in [6.07, 6.45) is -0.503. The van der Waals surface area contributed by atoms with Gasteiger partial charge in [0, 0.05) is 18.3 Å². The zero-order chi connectivity index (χ0) is 20.3. The Hall–Kier alpha value is -2.85. The van der Waals surface area contributed by atoms with Crippen LogP contribution < -0.4 is 15.7 Å². The summed E-state index contributed by atoms with van der Waals surface area (Å²) >= 11 is 0. The molecule has 1 amide bonds. The number of hydrogen-bond acceptors (Lipinski definition) is 7. The number of hydrogen-bond donors (Lipinski definition) is 1. The first-order valence-corrected chi connectivity index (χ1v) is 9.95. The van der Waals surface area contributed by atoms with Crippen molar-refractivity contribution in [1.82, 2.24) is 4.31 Å². The van der Waals surface area contributed by atoms with E-state index in [1.165, 1.54) is 41.7 Å². The number of benzene rings is 1. The third-order valence-electron chi connectivity index (χ3n) is 4.20. The van der Waals surface area contributed by atoms with Crippen LogP contribution in [-0.2, 0) is 14.8 Å². The van der Waals surface area contributed by atoms with E-state index in [0.29, 0.717) is 30.2 Å². The molecule has 2 heterocycles. The maximum atomic E-state index is 12.8. The van der Waals surface area contributed by atoms with Gasteiger partial charge in [-0.1, -0.05) is 0 Å². The molecule has 1 N–H and O–H groups in total. The molecule has 1 aromatic carbocycles. The minimum atomic E-state index is -3.70. The Morgan fingerprint density at radius 2 is 1.96 bits per heavy atom. The largest absolute Gasteiger partial charge is 0.489 e. The monoisotopic (exact) mass is 408 g/mol. The fourth-order valence-corrected chi connectivity index (χ4v) is 4.36. The van der Waals surface area contributed by atoms with Crippen molar-refractivity contribution < 1.29 is 27.1 Å². The highest BCUT2D eigenvalue weighted by Gasteiger charge is 2.33. The van der Waals surface area contributed by atoms with E-state index in [4.69, 9.17) is 9.15 Å². The molecule has 1 saturated heterocycles. The van der Waals surface area contributed by atoms with E-state index in [0.717, 1.165) is 0 Å². The first-order valence-electron chi connectivity index (χ1n) is 8.51. The molecule has 0 spiro atoms. The van der Waals surface area contributed by atoms with E-state index in [2.05, 4.69) is 10.1 Å². The van der Waals surface area contributed by atoms with Crippen LogP contribution in [-0.4, -0.2) is 45.1 Å². The zero-order valence-corrected chi connectivity index (χ0v) is 16.2. The Balaban J connectivity index is 1.68. The number of nitrogens with zero attached hydrogens (tertiary/aromatic N) is 1. The molecule has 3 rings (SSSR count). The van der Waals surface area contributed by atoms with Crippen molar-refractivity contribution in [2.45, 2.75) is 24.3 Å². The van der Waals surface area contributed by atoms with E-state index >= 15 is 0 Å². The molecule has 0 bridgehead atoms. The first-order chi connectivity index (χ1) is 13.3. The van der Waals surface area contributed by atoms with Crippen LogP contribution in [0.3, 0.4) is 0 Å². The highest BCUT2D eigenvalue weighted by Crippen LogP contribution is 2.25. The number of ether oxygens (including phenoxy) is 2. The fourth-order valence-electron chi connectivity index (χ4n) is 2.88. The van der Waals surface area contributed by atoms with Crippen molar-refractivity contribution in [2.75, 3.05) is 25.5 Å². The number of aryl methyl sites for hydroxylation is 1. The van der Waals surface area contributed by atoms with Gasteiger partial charge in [-0.3, -0.25) is 5.32 Å². The van der Waals surface area contributed by atoms with Gasteiger partial charge in [-0.25, -0.2) is 18.0 Å². The molecule has 150 valence electrons. The maximum Gasteiger partial charge on any atom is 0.411 e. The van der Waals surface area contributed by atoms with Crippen molar-refractivity contribution in [1.29, 1.82) is 0 Å². The van der Waals surface area contributed by atoms with E-state index in [1.807, 2.05) is 0 Å². The molecule has 1 unspecified atom stereocenters. The van der Waals surface area contributed by atoms with Crippen molar-refractivity contribution in [3.05, 3.63) is 52.6 Å². The number of nitrogens with one attached hydrogen (secondary N) is 1. The van der Waals surface area contributed by atoms with Gasteiger partial charge in [0.05, 0.1) is 24.6 Å². The van der Waals surface area contributed by atoms with Crippen LogP contribution >= 0.6 is 0 Å². The number of anilines is 1. The number of sulfonamides is 1. The summed E-state index contributed by atoms with van der Waals surface area (Å²) in [6.45, 7) is 2.11. The minimum absolute atomic E-state index is 0.111. The average Bonchev–Trinajstić information content (AvgIpc) is 3.10. The second-order valence-corrected chi connectivity index (χ2v) is 8.19. The summed E-state index contributed by atoms with van der Waals surface area (Å²) in [4.78, 5) is 22.7. The predicted molar refractivity (Wildman–Crippen MR) is 100.0 cm³/mol. The van der Waals surface area contributed by atoms with Gasteiger partial charge in [0.1, 0.15) is 17.6 Å². The Morgan fingerprint density at radius 3 is 2.61 bits per heavy atom. The van der Waals surface area contributed by atoms with Gasteiger partial charge in [0.2, 0.25) is 10.0 Å². The fraction of sp³-hybridized carbons (Fsp3) is 0.333. The summed E-state index contributed by atoms with van der Waals surface area (Å²) in [5.74, 6) is 0.780. The molecule has 9 nitrogen and oxygen atoms in total. The summed E-state index contributed by atoms with van der Waals surface area (Å²) < 4.78 is 42.1. The maximum absolute atomic E-state index is 12.8. The van der Waals surface area contributed by atoms with Crippen molar-refractivity contribution in [3.8, 4) is 5.75 Å². The highest BCUT2D eigenvalue weighted by atomic mass is 32.2. The third kappa shape index (κ3) is 4.52. The minimum Gasteiger partial charge on any atom is -0.489 e.